The lowest BCUT2D eigenvalue weighted by atomic mass is 10.1. The molecule has 2 aliphatic rings. The molecule has 2 unspecified atom stereocenters. The molecule has 0 spiro atoms. The topological polar surface area (TPSA) is 41.6 Å². The van der Waals surface area contributed by atoms with Gasteiger partial charge < -0.3 is 15.0 Å². The minimum atomic E-state index is -0.398. The maximum atomic E-state index is 12.2. The van der Waals surface area contributed by atoms with Crippen LogP contribution in [0.3, 0.4) is 0 Å². The van der Waals surface area contributed by atoms with Gasteiger partial charge in [0, 0.05) is 12.6 Å². The normalized spacial score (nSPS) is 29.7. The van der Waals surface area contributed by atoms with Crippen LogP contribution in [0.2, 0.25) is 0 Å². The fraction of sp³-hybridized carbons (Fsp3) is 0.923. The van der Waals surface area contributed by atoms with Crippen LogP contribution in [0.1, 0.15) is 46.5 Å². The van der Waals surface area contributed by atoms with Gasteiger partial charge in [0.15, 0.2) is 0 Å². The SMILES string of the molecule is CC(C)(C)OC(=O)N1CCCCC2NCCC21. The van der Waals surface area contributed by atoms with Gasteiger partial charge in [0.1, 0.15) is 5.60 Å². The molecule has 1 amide bonds. The lowest BCUT2D eigenvalue weighted by Crippen LogP contribution is -2.47. The highest BCUT2D eigenvalue weighted by atomic mass is 16.6. The van der Waals surface area contributed by atoms with E-state index >= 15 is 0 Å². The summed E-state index contributed by atoms with van der Waals surface area (Å²) < 4.78 is 5.50. The largest absolute Gasteiger partial charge is 0.444 e. The van der Waals surface area contributed by atoms with Crippen LogP contribution in [-0.2, 0) is 4.74 Å². The Morgan fingerprint density at radius 3 is 2.76 bits per heavy atom. The summed E-state index contributed by atoms with van der Waals surface area (Å²) in [5, 5.41) is 3.50. The predicted molar refractivity (Wildman–Crippen MR) is 67.0 cm³/mol. The standard InChI is InChI=1S/C13H24N2O2/c1-13(2,3)17-12(16)15-9-5-4-6-10-11(15)7-8-14-10/h10-11,14H,4-9H2,1-3H3. The smallest absolute Gasteiger partial charge is 0.410 e. The molecule has 0 radical (unpaired) electrons. The Hall–Kier alpha value is -0.770. The Kier molecular flexibility index (Phi) is 3.61. The predicted octanol–water partition coefficient (Wildman–Crippen LogP) is 2.14. The van der Waals surface area contributed by atoms with Crippen LogP contribution >= 0.6 is 0 Å². The van der Waals surface area contributed by atoms with Crippen molar-refractivity contribution >= 4 is 6.09 Å². The van der Waals surface area contributed by atoms with Crippen molar-refractivity contribution in [2.45, 2.75) is 64.1 Å². The monoisotopic (exact) mass is 240 g/mol. The molecule has 17 heavy (non-hydrogen) atoms. The van der Waals surface area contributed by atoms with Crippen molar-refractivity contribution in [3.05, 3.63) is 0 Å². The van der Waals surface area contributed by atoms with E-state index in [2.05, 4.69) is 5.32 Å². The Balaban J connectivity index is 2.04. The van der Waals surface area contributed by atoms with E-state index in [0.717, 1.165) is 25.9 Å². The highest BCUT2D eigenvalue weighted by Crippen LogP contribution is 2.25. The van der Waals surface area contributed by atoms with Crippen molar-refractivity contribution in [3.63, 3.8) is 0 Å². The van der Waals surface area contributed by atoms with Crippen LogP contribution in [0, 0.1) is 0 Å². The van der Waals surface area contributed by atoms with Crippen molar-refractivity contribution < 1.29 is 9.53 Å². The number of carbonyl (C=O) groups is 1. The van der Waals surface area contributed by atoms with Crippen LogP contribution in [0.25, 0.3) is 0 Å². The summed E-state index contributed by atoms with van der Waals surface area (Å²) in [4.78, 5) is 14.1. The van der Waals surface area contributed by atoms with Gasteiger partial charge in [-0.3, -0.25) is 0 Å². The van der Waals surface area contributed by atoms with Crippen LogP contribution in [0.15, 0.2) is 0 Å². The van der Waals surface area contributed by atoms with Gasteiger partial charge in [-0.15, -0.1) is 0 Å². The van der Waals surface area contributed by atoms with Crippen LogP contribution in [0.5, 0.6) is 0 Å². The zero-order valence-electron chi connectivity index (χ0n) is 11.2. The third-order valence-corrected chi connectivity index (χ3v) is 3.50. The summed E-state index contributed by atoms with van der Waals surface area (Å²) in [5.74, 6) is 0. The van der Waals surface area contributed by atoms with E-state index < -0.39 is 5.60 Å². The highest BCUT2D eigenvalue weighted by Gasteiger charge is 2.37. The molecule has 0 aromatic heterocycles. The van der Waals surface area contributed by atoms with Crippen LogP contribution in [0.4, 0.5) is 4.79 Å². The quantitative estimate of drug-likeness (QED) is 0.705. The molecule has 0 aromatic rings. The lowest BCUT2D eigenvalue weighted by Gasteiger charge is -2.32. The number of hydrogen-bond donors (Lipinski definition) is 1. The average Bonchev–Trinajstić information content (AvgIpc) is 2.55. The fourth-order valence-electron chi connectivity index (χ4n) is 2.78. The summed E-state index contributed by atoms with van der Waals surface area (Å²) in [6.45, 7) is 7.64. The van der Waals surface area contributed by atoms with Gasteiger partial charge in [-0.1, -0.05) is 6.42 Å². The Morgan fingerprint density at radius 2 is 2.06 bits per heavy atom. The zero-order chi connectivity index (χ0) is 12.5. The van der Waals surface area contributed by atoms with Gasteiger partial charge in [0.25, 0.3) is 0 Å². The summed E-state index contributed by atoms with van der Waals surface area (Å²) in [6, 6.07) is 0.817. The van der Waals surface area contributed by atoms with Gasteiger partial charge in [-0.25, -0.2) is 4.79 Å². The maximum absolute atomic E-state index is 12.2. The van der Waals surface area contributed by atoms with Crippen LogP contribution < -0.4 is 5.32 Å². The third kappa shape index (κ3) is 3.12. The summed E-state index contributed by atoms with van der Waals surface area (Å²) in [7, 11) is 0. The molecule has 2 saturated heterocycles. The van der Waals surface area contributed by atoms with Gasteiger partial charge in [0.2, 0.25) is 0 Å². The van der Waals surface area contributed by atoms with Crippen molar-refractivity contribution in [2.75, 3.05) is 13.1 Å². The number of nitrogens with zero attached hydrogens (tertiary/aromatic N) is 1. The second-order valence-electron chi connectivity index (χ2n) is 6.09. The minimum Gasteiger partial charge on any atom is -0.444 e. The molecular weight excluding hydrogens is 216 g/mol. The fourth-order valence-corrected chi connectivity index (χ4v) is 2.78. The average molecular weight is 240 g/mol. The molecule has 98 valence electrons. The van der Waals surface area contributed by atoms with E-state index in [4.69, 9.17) is 4.74 Å². The molecule has 1 N–H and O–H groups in total. The number of rotatable bonds is 0. The summed E-state index contributed by atoms with van der Waals surface area (Å²) in [6.07, 6.45) is 4.40. The molecule has 0 aliphatic carbocycles. The van der Waals surface area contributed by atoms with E-state index in [1.807, 2.05) is 25.7 Å². The number of nitrogens with one attached hydrogen (secondary N) is 1. The summed E-state index contributed by atoms with van der Waals surface area (Å²) >= 11 is 0. The Labute approximate surface area is 104 Å². The molecule has 2 aliphatic heterocycles. The number of carbonyl (C=O) groups excluding carboxylic acids is 1. The molecule has 0 bridgehead atoms. The van der Waals surface area contributed by atoms with E-state index in [0.29, 0.717) is 12.1 Å². The first-order chi connectivity index (χ1) is 7.97. The third-order valence-electron chi connectivity index (χ3n) is 3.50. The molecule has 4 nitrogen and oxygen atoms in total. The maximum Gasteiger partial charge on any atom is 0.410 e. The molecule has 2 heterocycles. The lowest BCUT2D eigenvalue weighted by molar-refractivity contribution is 0.0163. The Morgan fingerprint density at radius 1 is 1.29 bits per heavy atom. The minimum absolute atomic E-state index is 0.141. The second kappa shape index (κ2) is 4.84. The van der Waals surface area contributed by atoms with E-state index in [-0.39, 0.29) is 6.09 Å². The number of hydrogen-bond acceptors (Lipinski definition) is 3. The molecule has 4 heteroatoms. The molecule has 0 saturated carbocycles. The van der Waals surface area contributed by atoms with Gasteiger partial charge >= 0.3 is 6.09 Å². The number of likely N-dealkylation sites (tertiary alicyclic amines) is 1. The van der Waals surface area contributed by atoms with Crippen molar-refractivity contribution in [1.82, 2.24) is 10.2 Å². The Bertz CT molecular complexity index is 286. The first kappa shape index (κ1) is 12.7. The van der Waals surface area contributed by atoms with Gasteiger partial charge in [-0.05, 0) is 46.6 Å². The molecular formula is C13H24N2O2. The first-order valence-electron chi connectivity index (χ1n) is 6.70. The second-order valence-corrected chi connectivity index (χ2v) is 6.09. The highest BCUT2D eigenvalue weighted by molar-refractivity contribution is 5.68. The molecule has 2 rings (SSSR count). The molecule has 2 atom stereocenters. The van der Waals surface area contributed by atoms with Gasteiger partial charge in [-0.2, -0.15) is 0 Å². The van der Waals surface area contributed by atoms with Crippen molar-refractivity contribution in [3.8, 4) is 0 Å². The molecule has 0 aromatic carbocycles. The number of fused-ring (bicyclic) bond motifs is 1. The first-order valence-corrected chi connectivity index (χ1v) is 6.70. The van der Waals surface area contributed by atoms with E-state index in [1.54, 1.807) is 0 Å². The number of ether oxygens (including phenoxy) is 1. The number of amides is 1. The van der Waals surface area contributed by atoms with Crippen LogP contribution in [-0.4, -0.2) is 41.8 Å². The summed E-state index contributed by atoms with van der Waals surface area (Å²) in [5.41, 5.74) is -0.398. The van der Waals surface area contributed by atoms with Crippen molar-refractivity contribution in [2.24, 2.45) is 0 Å². The van der Waals surface area contributed by atoms with E-state index in [9.17, 15) is 4.79 Å². The molecule has 2 fully saturated rings. The van der Waals surface area contributed by atoms with Gasteiger partial charge in [0.05, 0.1) is 6.04 Å². The van der Waals surface area contributed by atoms with E-state index in [1.165, 1.54) is 12.8 Å². The van der Waals surface area contributed by atoms with Crippen molar-refractivity contribution in [1.29, 1.82) is 0 Å². The zero-order valence-corrected chi connectivity index (χ0v) is 11.2.